The van der Waals surface area contributed by atoms with Gasteiger partial charge in [0, 0.05) is 11.9 Å². The SMILES string of the molecule is CNC(=O)Nc1cn2nc(Sc3ccccc3)ccc2n1. The van der Waals surface area contributed by atoms with Crippen LogP contribution in [0.15, 0.2) is 58.6 Å². The highest BCUT2D eigenvalue weighted by molar-refractivity contribution is 7.99. The molecule has 3 aromatic rings. The minimum Gasteiger partial charge on any atom is -0.341 e. The van der Waals surface area contributed by atoms with Gasteiger partial charge < -0.3 is 5.32 Å². The zero-order chi connectivity index (χ0) is 14.7. The van der Waals surface area contributed by atoms with Crippen molar-refractivity contribution in [2.45, 2.75) is 9.92 Å². The molecule has 0 saturated carbocycles. The van der Waals surface area contributed by atoms with Crippen molar-refractivity contribution >= 4 is 29.3 Å². The fourth-order valence-electron chi connectivity index (χ4n) is 1.77. The first kappa shape index (κ1) is 13.4. The van der Waals surface area contributed by atoms with E-state index in [2.05, 4.69) is 20.7 Å². The van der Waals surface area contributed by atoms with Crippen LogP contribution in [0, 0.1) is 0 Å². The molecule has 0 spiro atoms. The van der Waals surface area contributed by atoms with Gasteiger partial charge in [-0.05, 0) is 24.3 Å². The van der Waals surface area contributed by atoms with Crippen LogP contribution in [0.25, 0.3) is 5.65 Å². The summed E-state index contributed by atoms with van der Waals surface area (Å²) in [5.41, 5.74) is 0.679. The lowest BCUT2D eigenvalue weighted by atomic mass is 10.4. The number of nitrogens with zero attached hydrogens (tertiary/aromatic N) is 3. The molecule has 7 heteroatoms. The zero-order valence-corrected chi connectivity index (χ0v) is 12.1. The Balaban J connectivity index is 1.84. The fraction of sp³-hybridized carbons (Fsp3) is 0.0714. The van der Waals surface area contributed by atoms with Crippen molar-refractivity contribution in [2.24, 2.45) is 0 Å². The number of rotatable bonds is 3. The second-order valence-electron chi connectivity index (χ2n) is 4.22. The Morgan fingerprint density at radius 3 is 2.76 bits per heavy atom. The molecule has 2 aromatic heterocycles. The molecule has 0 unspecified atom stereocenters. The van der Waals surface area contributed by atoms with Gasteiger partial charge in [-0.15, -0.1) is 0 Å². The summed E-state index contributed by atoms with van der Waals surface area (Å²) in [6.07, 6.45) is 1.68. The van der Waals surface area contributed by atoms with E-state index in [1.165, 1.54) is 0 Å². The van der Waals surface area contributed by atoms with Crippen LogP contribution in [0.5, 0.6) is 0 Å². The smallest absolute Gasteiger partial charge is 0.320 e. The first-order chi connectivity index (χ1) is 10.2. The van der Waals surface area contributed by atoms with Gasteiger partial charge in [-0.2, -0.15) is 5.10 Å². The average Bonchev–Trinajstić information content (AvgIpc) is 2.89. The summed E-state index contributed by atoms with van der Waals surface area (Å²) >= 11 is 1.57. The molecular weight excluding hydrogens is 286 g/mol. The van der Waals surface area contributed by atoms with Gasteiger partial charge in [0.25, 0.3) is 0 Å². The van der Waals surface area contributed by atoms with Crippen molar-refractivity contribution in [3.8, 4) is 0 Å². The summed E-state index contributed by atoms with van der Waals surface area (Å²) in [6, 6.07) is 13.5. The number of benzene rings is 1. The summed E-state index contributed by atoms with van der Waals surface area (Å²) in [6.45, 7) is 0. The number of urea groups is 1. The molecule has 106 valence electrons. The number of hydrogen-bond donors (Lipinski definition) is 2. The van der Waals surface area contributed by atoms with E-state index >= 15 is 0 Å². The quantitative estimate of drug-likeness (QED) is 0.780. The van der Waals surface area contributed by atoms with Crippen molar-refractivity contribution in [1.29, 1.82) is 0 Å². The molecule has 3 rings (SSSR count). The van der Waals surface area contributed by atoms with E-state index in [1.54, 1.807) is 29.5 Å². The van der Waals surface area contributed by atoms with Gasteiger partial charge in [0.2, 0.25) is 0 Å². The number of fused-ring (bicyclic) bond motifs is 1. The van der Waals surface area contributed by atoms with E-state index < -0.39 is 0 Å². The molecule has 0 aliphatic carbocycles. The van der Waals surface area contributed by atoms with Crippen LogP contribution in [0.2, 0.25) is 0 Å². The fourth-order valence-corrected chi connectivity index (χ4v) is 2.57. The second kappa shape index (κ2) is 5.84. The van der Waals surface area contributed by atoms with Gasteiger partial charge in [-0.1, -0.05) is 30.0 Å². The number of carbonyl (C=O) groups excluding carboxylic acids is 1. The molecule has 0 fully saturated rings. The van der Waals surface area contributed by atoms with E-state index in [0.717, 1.165) is 9.92 Å². The van der Waals surface area contributed by atoms with E-state index in [9.17, 15) is 4.79 Å². The molecule has 1 aromatic carbocycles. The van der Waals surface area contributed by atoms with Gasteiger partial charge in [0.1, 0.15) is 5.03 Å². The summed E-state index contributed by atoms with van der Waals surface area (Å²) in [5, 5.41) is 10.4. The van der Waals surface area contributed by atoms with Crippen LogP contribution in [-0.4, -0.2) is 27.7 Å². The zero-order valence-electron chi connectivity index (χ0n) is 11.3. The average molecular weight is 299 g/mol. The molecular formula is C14H13N5OS. The molecule has 0 aliphatic heterocycles. The maximum absolute atomic E-state index is 11.3. The van der Waals surface area contributed by atoms with E-state index in [0.29, 0.717) is 11.5 Å². The lowest BCUT2D eigenvalue weighted by Gasteiger charge is -2.00. The topological polar surface area (TPSA) is 71.3 Å². The minimum absolute atomic E-state index is 0.308. The van der Waals surface area contributed by atoms with Crippen molar-refractivity contribution in [1.82, 2.24) is 19.9 Å². The van der Waals surface area contributed by atoms with Crippen molar-refractivity contribution in [3.05, 3.63) is 48.7 Å². The Bertz CT molecular complexity index is 771. The second-order valence-corrected chi connectivity index (χ2v) is 5.31. The van der Waals surface area contributed by atoms with Gasteiger partial charge in [-0.3, -0.25) is 5.32 Å². The van der Waals surface area contributed by atoms with Crippen LogP contribution in [0.3, 0.4) is 0 Å². The molecule has 21 heavy (non-hydrogen) atoms. The Morgan fingerprint density at radius 1 is 1.19 bits per heavy atom. The highest BCUT2D eigenvalue weighted by Crippen LogP contribution is 2.25. The third kappa shape index (κ3) is 3.14. The number of hydrogen-bond acceptors (Lipinski definition) is 4. The Hall–Kier alpha value is -2.54. The number of anilines is 1. The largest absolute Gasteiger partial charge is 0.341 e. The molecule has 2 heterocycles. The molecule has 0 radical (unpaired) electrons. The Labute approximate surface area is 125 Å². The van der Waals surface area contributed by atoms with Crippen LogP contribution < -0.4 is 10.6 Å². The van der Waals surface area contributed by atoms with Gasteiger partial charge >= 0.3 is 6.03 Å². The van der Waals surface area contributed by atoms with Crippen molar-refractivity contribution in [3.63, 3.8) is 0 Å². The summed E-state index contributed by atoms with van der Waals surface area (Å²) in [7, 11) is 1.55. The van der Waals surface area contributed by atoms with E-state index in [-0.39, 0.29) is 6.03 Å². The lowest BCUT2D eigenvalue weighted by Crippen LogP contribution is -2.24. The predicted molar refractivity (Wildman–Crippen MR) is 81.6 cm³/mol. The van der Waals surface area contributed by atoms with Gasteiger partial charge in [-0.25, -0.2) is 14.3 Å². The highest BCUT2D eigenvalue weighted by atomic mass is 32.2. The van der Waals surface area contributed by atoms with Crippen molar-refractivity contribution in [2.75, 3.05) is 12.4 Å². The summed E-state index contributed by atoms with van der Waals surface area (Å²) in [5.74, 6) is 0.462. The summed E-state index contributed by atoms with van der Waals surface area (Å²) < 4.78 is 1.65. The lowest BCUT2D eigenvalue weighted by molar-refractivity contribution is 0.254. The Morgan fingerprint density at radius 2 is 2.00 bits per heavy atom. The van der Waals surface area contributed by atoms with E-state index in [1.807, 2.05) is 42.5 Å². The van der Waals surface area contributed by atoms with Crippen LogP contribution >= 0.6 is 11.8 Å². The standard InChI is InChI=1S/C14H13N5OS/c1-15-14(20)17-11-9-19-12(16-11)7-8-13(18-19)21-10-5-3-2-4-6-10/h2-9H,1H3,(H2,15,17,20). The maximum atomic E-state index is 11.3. The van der Waals surface area contributed by atoms with Crippen molar-refractivity contribution < 1.29 is 4.79 Å². The molecule has 0 bridgehead atoms. The predicted octanol–water partition coefficient (Wildman–Crippen LogP) is 2.63. The summed E-state index contributed by atoms with van der Waals surface area (Å²) in [4.78, 5) is 16.7. The number of imidazole rings is 1. The normalized spacial score (nSPS) is 10.5. The first-order valence-corrected chi connectivity index (χ1v) is 7.14. The molecule has 2 N–H and O–H groups in total. The Kier molecular flexibility index (Phi) is 3.74. The minimum atomic E-state index is -0.308. The van der Waals surface area contributed by atoms with Crippen LogP contribution in [0.4, 0.5) is 10.6 Å². The number of nitrogens with one attached hydrogen (secondary N) is 2. The molecule has 0 atom stereocenters. The van der Waals surface area contributed by atoms with Gasteiger partial charge in [0.05, 0.1) is 6.20 Å². The monoisotopic (exact) mass is 299 g/mol. The highest BCUT2D eigenvalue weighted by Gasteiger charge is 2.06. The number of amides is 2. The third-order valence-corrected chi connectivity index (χ3v) is 3.66. The number of carbonyl (C=O) groups is 1. The van der Waals surface area contributed by atoms with Crippen LogP contribution in [0.1, 0.15) is 0 Å². The molecule has 0 aliphatic rings. The van der Waals surface area contributed by atoms with Gasteiger partial charge in [0.15, 0.2) is 11.5 Å². The first-order valence-electron chi connectivity index (χ1n) is 6.33. The van der Waals surface area contributed by atoms with Crippen LogP contribution in [-0.2, 0) is 0 Å². The molecule has 2 amide bonds. The molecule has 0 saturated heterocycles. The maximum Gasteiger partial charge on any atom is 0.320 e. The third-order valence-electron chi connectivity index (χ3n) is 2.73. The number of aromatic nitrogens is 3. The molecule has 6 nitrogen and oxygen atoms in total. The van der Waals surface area contributed by atoms with E-state index in [4.69, 9.17) is 0 Å².